The predicted molar refractivity (Wildman–Crippen MR) is 101 cm³/mol. The van der Waals surface area contributed by atoms with E-state index in [1.54, 1.807) is 20.4 Å². The Labute approximate surface area is 146 Å². The Hall–Kier alpha value is -1.82. The third-order valence-corrected chi connectivity index (χ3v) is 4.10. The highest BCUT2D eigenvalue weighted by molar-refractivity contribution is 5.79. The van der Waals surface area contributed by atoms with Gasteiger partial charge in [-0.3, -0.25) is 4.99 Å². The largest absolute Gasteiger partial charge is 0.481 e. The quantitative estimate of drug-likeness (QED) is 0.507. The zero-order valence-corrected chi connectivity index (χ0v) is 15.8. The Morgan fingerprint density at radius 1 is 1.38 bits per heavy atom. The van der Waals surface area contributed by atoms with Crippen LogP contribution < -0.4 is 15.4 Å². The number of nitrogens with zero attached hydrogens (tertiary/aromatic N) is 3. The van der Waals surface area contributed by atoms with E-state index in [-0.39, 0.29) is 0 Å². The van der Waals surface area contributed by atoms with Crippen LogP contribution >= 0.6 is 0 Å². The van der Waals surface area contributed by atoms with Crippen LogP contribution in [0.3, 0.4) is 0 Å². The summed E-state index contributed by atoms with van der Waals surface area (Å²) in [5.41, 5.74) is 1.01. The van der Waals surface area contributed by atoms with Gasteiger partial charge in [-0.05, 0) is 45.5 Å². The second kappa shape index (κ2) is 11.7. The molecule has 0 aromatic carbocycles. The molecule has 0 aliphatic heterocycles. The molecule has 2 N–H and O–H groups in total. The number of guanidine groups is 1. The van der Waals surface area contributed by atoms with Crippen molar-refractivity contribution in [3.05, 3.63) is 23.9 Å². The summed E-state index contributed by atoms with van der Waals surface area (Å²) in [6.07, 6.45) is 4.03. The average Bonchev–Trinajstić information content (AvgIpc) is 2.62. The number of nitrogens with one attached hydrogen (secondary N) is 2. The fraction of sp³-hybridized carbons (Fsp3) is 0.667. The van der Waals surface area contributed by atoms with Crippen LogP contribution in [-0.4, -0.2) is 55.7 Å². The summed E-state index contributed by atoms with van der Waals surface area (Å²) in [5, 5.41) is 6.76. The maximum absolute atomic E-state index is 5.27. The summed E-state index contributed by atoms with van der Waals surface area (Å²) in [5.74, 6) is 1.45. The van der Waals surface area contributed by atoms with Crippen molar-refractivity contribution < 1.29 is 4.74 Å². The molecule has 0 aliphatic rings. The SMILES string of the molecule is CCN(CC)CCCC(C)NC(=NC)NCc1cccnc1OC. The molecule has 1 rings (SSSR count). The Kier molecular flexibility index (Phi) is 9.84. The topological polar surface area (TPSA) is 61.8 Å². The highest BCUT2D eigenvalue weighted by atomic mass is 16.5. The minimum Gasteiger partial charge on any atom is -0.481 e. The highest BCUT2D eigenvalue weighted by Crippen LogP contribution is 2.12. The third kappa shape index (κ3) is 7.17. The molecule has 0 aliphatic carbocycles. The van der Waals surface area contributed by atoms with Crippen LogP contribution in [0.1, 0.15) is 39.2 Å². The van der Waals surface area contributed by atoms with Crippen molar-refractivity contribution in [3.63, 3.8) is 0 Å². The van der Waals surface area contributed by atoms with Gasteiger partial charge in [0.2, 0.25) is 5.88 Å². The summed E-state index contributed by atoms with van der Waals surface area (Å²) in [6.45, 7) is 10.6. The summed E-state index contributed by atoms with van der Waals surface area (Å²) >= 11 is 0. The molecule has 136 valence electrons. The first-order valence-electron chi connectivity index (χ1n) is 8.81. The molecule has 0 amide bonds. The van der Waals surface area contributed by atoms with Crippen molar-refractivity contribution in [3.8, 4) is 5.88 Å². The van der Waals surface area contributed by atoms with Crippen molar-refractivity contribution in [1.29, 1.82) is 0 Å². The highest BCUT2D eigenvalue weighted by Gasteiger charge is 2.08. The number of rotatable bonds is 10. The van der Waals surface area contributed by atoms with Gasteiger partial charge in [0.05, 0.1) is 7.11 Å². The molecule has 0 spiro atoms. The Balaban J connectivity index is 2.39. The second-order valence-electron chi connectivity index (χ2n) is 5.81. The van der Waals surface area contributed by atoms with E-state index >= 15 is 0 Å². The number of pyridine rings is 1. The normalized spacial score (nSPS) is 13.0. The molecule has 6 heteroatoms. The van der Waals surface area contributed by atoms with Crippen LogP contribution in [0, 0.1) is 0 Å². The van der Waals surface area contributed by atoms with Gasteiger partial charge in [-0.25, -0.2) is 4.98 Å². The first kappa shape index (κ1) is 20.2. The number of aliphatic imine (C=N–C) groups is 1. The maximum atomic E-state index is 5.27. The van der Waals surface area contributed by atoms with E-state index in [9.17, 15) is 0 Å². The molecule has 0 saturated heterocycles. The molecule has 1 aromatic heterocycles. The fourth-order valence-electron chi connectivity index (χ4n) is 2.58. The van der Waals surface area contributed by atoms with Gasteiger partial charge in [0, 0.05) is 31.4 Å². The Morgan fingerprint density at radius 3 is 2.75 bits per heavy atom. The van der Waals surface area contributed by atoms with Crippen LogP contribution in [0.4, 0.5) is 0 Å². The molecule has 0 fully saturated rings. The van der Waals surface area contributed by atoms with Crippen molar-refractivity contribution >= 4 is 5.96 Å². The molecule has 24 heavy (non-hydrogen) atoms. The first-order chi connectivity index (χ1) is 11.6. The van der Waals surface area contributed by atoms with E-state index in [4.69, 9.17) is 4.74 Å². The van der Waals surface area contributed by atoms with Crippen LogP contribution in [0.15, 0.2) is 23.3 Å². The third-order valence-electron chi connectivity index (χ3n) is 4.10. The van der Waals surface area contributed by atoms with Gasteiger partial charge >= 0.3 is 0 Å². The monoisotopic (exact) mass is 335 g/mol. The zero-order valence-electron chi connectivity index (χ0n) is 15.8. The van der Waals surface area contributed by atoms with E-state index in [1.807, 2.05) is 12.1 Å². The molecule has 1 atom stereocenters. The van der Waals surface area contributed by atoms with Crippen molar-refractivity contribution in [1.82, 2.24) is 20.5 Å². The second-order valence-corrected chi connectivity index (χ2v) is 5.81. The van der Waals surface area contributed by atoms with Gasteiger partial charge in [-0.2, -0.15) is 0 Å². The van der Waals surface area contributed by atoms with E-state index in [0.717, 1.165) is 37.6 Å². The lowest BCUT2D eigenvalue weighted by Crippen LogP contribution is -2.42. The van der Waals surface area contributed by atoms with Crippen LogP contribution in [0.2, 0.25) is 0 Å². The van der Waals surface area contributed by atoms with Gasteiger partial charge in [-0.1, -0.05) is 19.9 Å². The molecule has 0 bridgehead atoms. The van der Waals surface area contributed by atoms with Crippen LogP contribution in [-0.2, 0) is 6.54 Å². The van der Waals surface area contributed by atoms with Crippen LogP contribution in [0.5, 0.6) is 5.88 Å². The van der Waals surface area contributed by atoms with E-state index in [0.29, 0.717) is 18.5 Å². The molecule has 0 saturated carbocycles. The van der Waals surface area contributed by atoms with Crippen molar-refractivity contribution in [2.24, 2.45) is 4.99 Å². The fourth-order valence-corrected chi connectivity index (χ4v) is 2.58. The number of methoxy groups -OCH3 is 1. The lowest BCUT2D eigenvalue weighted by Gasteiger charge is -2.21. The summed E-state index contributed by atoms with van der Waals surface area (Å²) < 4.78 is 5.27. The predicted octanol–water partition coefficient (Wildman–Crippen LogP) is 2.27. The van der Waals surface area contributed by atoms with Gasteiger partial charge in [0.1, 0.15) is 0 Å². The summed E-state index contributed by atoms with van der Waals surface area (Å²) in [7, 11) is 3.43. The maximum Gasteiger partial charge on any atom is 0.218 e. The van der Waals surface area contributed by atoms with Gasteiger partial charge in [-0.15, -0.1) is 0 Å². The molecule has 1 heterocycles. The zero-order chi connectivity index (χ0) is 17.8. The number of aromatic nitrogens is 1. The smallest absolute Gasteiger partial charge is 0.218 e. The minimum atomic E-state index is 0.377. The number of hydrogen-bond acceptors (Lipinski definition) is 4. The Morgan fingerprint density at radius 2 is 2.12 bits per heavy atom. The summed E-state index contributed by atoms with van der Waals surface area (Å²) in [4.78, 5) is 11.0. The Bertz CT molecular complexity index is 488. The lowest BCUT2D eigenvalue weighted by atomic mass is 10.2. The number of hydrogen-bond donors (Lipinski definition) is 2. The lowest BCUT2D eigenvalue weighted by molar-refractivity contribution is 0.292. The van der Waals surface area contributed by atoms with Gasteiger partial charge in [0.15, 0.2) is 5.96 Å². The van der Waals surface area contributed by atoms with Gasteiger partial charge < -0.3 is 20.3 Å². The van der Waals surface area contributed by atoms with Gasteiger partial charge in [0.25, 0.3) is 0 Å². The molecule has 6 nitrogen and oxygen atoms in total. The van der Waals surface area contributed by atoms with E-state index in [2.05, 4.69) is 46.3 Å². The molecule has 0 radical (unpaired) electrons. The molecular formula is C18H33N5O. The first-order valence-corrected chi connectivity index (χ1v) is 8.81. The van der Waals surface area contributed by atoms with E-state index < -0.39 is 0 Å². The average molecular weight is 335 g/mol. The number of ether oxygens (including phenoxy) is 1. The standard InChI is InChI=1S/C18H33N5O/c1-6-23(7-2)13-9-10-15(3)22-18(19-4)21-14-16-11-8-12-20-17(16)24-5/h8,11-12,15H,6-7,9-10,13-14H2,1-5H3,(H2,19,21,22). The van der Waals surface area contributed by atoms with Crippen LogP contribution in [0.25, 0.3) is 0 Å². The molecule has 1 aromatic rings. The molecular weight excluding hydrogens is 302 g/mol. The summed E-state index contributed by atoms with van der Waals surface area (Å²) in [6, 6.07) is 4.29. The molecule has 1 unspecified atom stereocenters. The van der Waals surface area contributed by atoms with E-state index in [1.165, 1.54) is 6.42 Å². The van der Waals surface area contributed by atoms with Crippen molar-refractivity contribution in [2.45, 2.75) is 46.2 Å². The van der Waals surface area contributed by atoms with Crippen molar-refractivity contribution in [2.75, 3.05) is 33.8 Å². The minimum absolute atomic E-state index is 0.377.